The molecule has 0 saturated heterocycles. The highest BCUT2D eigenvalue weighted by Gasteiger charge is 2.22. The number of carbonyl (C=O) groups is 2. The van der Waals surface area contributed by atoms with Gasteiger partial charge in [-0.05, 0) is 35.9 Å². The van der Waals surface area contributed by atoms with Crippen molar-refractivity contribution in [1.82, 2.24) is 5.32 Å². The Kier molecular flexibility index (Phi) is 7.02. The number of hydrogen-bond donors (Lipinski definition) is 2. The minimum atomic E-state index is -3.65. The van der Waals surface area contributed by atoms with Gasteiger partial charge in [0.25, 0.3) is 0 Å². The number of thioether (sulfide) groups is 1. The summed E-state index contributed by atoms with van der Waals surface area (Å²) in [6.07, 6.45) is 0.241. The van der Waals surface area contributed by atoms with Crippen LogP contribution in [0.25, 0.3) is 0 Å². The highest BCUT2D eigenvalue weighted by Crippen LogP contribution is 2.36. The zero-order valence-corrected chi connectivity index (χ0v) is 19.0. The van der Waals surface area contributed by atoms with Crippen LogP contribution in [0.1, 0.15) is 25.3 Å². The molecule has 1 aliphatic heterocycles. The second-order valence-corrected chi connectivity index (χ2v) is 11.3. The Morgan fingerprint density at radius 3 is 2.83 bits per heavy atom. The van der Waals surface area contributed by atoms with Crippen molar-refractivity contribution in [1.29, 1.82) is 0 Å². The van der Waals surface area contributed by atoms with Crippen LogP contribution in [-0.2, 0) is 26.0 Å². The number of amides is 2. The maximum atomic E-state index is 12.7. The van der Waals surface area contributed by atoms with E-state index in [0.717, 1.165) is 14.9 Å². The van der Waals surface area contributed by atoms with Gasteiger partial charge in [0, 0.05) is 34.0 Å². The molecule has 154 valence electrons. The Labute approximate surface area is 182 Å². The summed E-state index contributed by atoms with van der Waals surface area (Å²) in [6.45, 7) is 2.29. The van der Waals surface area contributed by atoms with Gasteiger partial charge in [0.05, 0.1) is 16.3 Å². The predicted molar refractivity (Wildman–Crippen MR) is 118 cm³/mol. The first-order valence-electron chi connectivity index (χ1n) is 9.07. The fraction of sp³-hybridized carbons (Fsp3) is 0.300. The first-order chi connectivity index (χ1) is 13.7. The van der Waals surface area contributed by atoms with Gasteiger partial charge in [0.2, 0.25) is 11.8 Å². The minimum Gasteiger partial charge on any atom is -0.352 e. The molecule has 0 bridgehead atoms. The van der Waals surface area contributed by atoms with Crippen molar-refractivity contribution in [2.24, 2.45) is 0 Å². The van der Waals surface area contributed by atoms with Gasteiger partial charge in [-0.2, -0.15) is 0 Å². The average molecular weight is 497 g/mol. The van der Waals surface area contributed by atoms with Crippen LogP contribution in [0.2, 0.25) is 0 Å². The van der Waals surface area contributed by atoms with E-state index in [4.69, 9.17) is 0 Å². The Morgan fingerprint density at radius 2 is 2.07 bits per heavy atom. The number of rotatable bonds is 6. The van der Waals surface area contributed by atoms with Gasteiger partial charge >= 0.3 is 0 Å². The van der Waals surface area contributed by atoms with Gasteiger partial charge < -0.3 is 10.6 Å². The zero-order chi connectivity index (χ0) is 21.0. The lowest BCUT2D eigenvalue weighted by Crippen LogP contribution is -2.25. The fourth-order valence-electron chi connectivity index (χ4n) is 2.90. The predicted octanol–water partition coefficient (Wildman–Crippen LogP) is 3.75. The van der Waals surface area contributed by atoms with Crippen LogP contribution in [0.4, 0.5) is 5.69 Å². The molecule has 0 unspecified atom stereocenters. The largest absolute Gasteiger partial charge is 0.352 e. The second kappa shape index (κ2) is 9.32. The van der Waals surface area contributed by atoms with Gasteiger partial charge in [-0.1, -0.05) is 35.0 Å². The van der Waals surface area contributed by atoms with E-state index in [1.54, 1.807) is 6.07 Å². The quantitative estimate of drug-likeness (QED) is 0.635. The summed E-state index contributed by atoms with van der Waals surface area (Å²) in [4.78, 5) is 24.9. The topological polar surface area (TPSA) is 92.3 Å². The van der Waals surface area contributed by atoms with Crippen molar-refractivity contribution in [3.8, 4) is 0 Å². The molecule has 1 aliphatic rings. The third-order valence-electron chi connectivity index (χ3n) is 4.36. The lowest BCUT2D eigenvalue weighted by atomic mass is 10.2. The second-order valence-electron chi connectivity index (χ2n) is 6.81. The molecular weight excluding hydrogens is 476 g/mol. The number of hydrogen-bond acceptors (Lipinski definition) is 5. The third kappa shape index (κ3) is 6.07. The van der Waals surface area contributed by atoms with Gasteiger partial charge in [0.15, 0.2) is 9.84 Å². The van der Waals surface area contributed by atoms with Crippen LogP contribution >= 0.6 is 27.7 Å². The van der Waals surface area contributed by atoms with Crippen LogP contribution < -0.4 is 10.6 Å². The molecule has 2 aromatic carbocycles. The van der Waals surface area contributed by atoms with Gasteiger partial charge in [-0.3, -0.25) is 9.59 Å². The lowest BCUT2D eigenvalue weighted by Gasteiger charge is -2.11. The third-order valence-corrected chi connectivity index (χ3v) is 7.75. The Hall–Kier alpha value is -1.84. The van der Waals surface area contributed by atoms with E-state index in [0.29, 0.717) is 18.7 Å². The Morgan fingerprint density at radius 1 is 1.28 bits per heavy atom. The van der Waals surface area contributed by atoms with Gasteiger partial charge in [-0.25, -0.2) is 8.42 Å². The number of carbonyl (C=O) groups excluding carboxylic acids is 2. The Balaban J connectivity index is 1.62. The fourth-order valence-corrected chi connectivity index (χ4v) is 5.67. The van der Waals surface area contributed by atoms with Crippen LogP contribution in [0.3, 0.4) is 0 Å². The SMILES string of the molecule is C[C@H]1CC(=O)Nc2cc(S(=O)(=O)CCC(=O)NCc3cccc(Br)c3)ccc2S1. The average Bonchev–Trinajstić information content (AvgIpc) is 2.80. The molecule has 6 nitrogen and oxygen atoms in total. The van der Waals surface area contributed by atoms with E-state index in [1.807, 2.05) is 31.2 Å². The summed E-state index contributed by atoms with van der Waals surface area (Å²) in [5, 5.41) is 5.62. The monoisotopic (exact) mass is 496 g/mol. The first-order valence-corrected chi connectivity index (χ1v) is 12.4. The van der Waals surface area contributed by atoms with Crippen LogP contribution in [0, 0.1) is 0 Å². The maximum Gasteiger partial charge on any atom is 0.225 e. The van der Waals surface area contributed by atoms with Gasteiger partial charge in [-0.15, -0.1) is 11.8 Å². The molecule has 0 aliphatic carbocycles. The first kappa shape index (κ1) is 21.9. The molecule has 0 aromatic heterocycles. The summed E-state index contributed by atoms with van der Waals surface area (Å²) >= 11 is 4.90. The minimum absolute atomic E-state index is 0.103. The molecule has 2 N–H and O–H groups in total. The molecule has 29 heavy (non-hydrogen) atoms. The summed E-state index contributed by atoms with van der Waals surface area (Å²) in [6, 6.07) is 12.2. The molecule has 1 heterocycles. The molecule has 0 fully saturated rings. The van der Waals surface area contributed by atoms with Crippen molar-refractivity contribution in [2.45, 2.75) is 41.4 Å². The van der Waals surface area contributed by atoms with E-state index < -0.39 is 9.84 Å². The lowest BCUT2D eigenvalue weighted by molar-refractivity contribution is -0.121. The van der Waals surface area contributed by atoms with Crippen LogP contribution in [0.5, 0.6) is 0 Å². The molecule has 0 radical (unpaired) electrons. The van der Waals surface area contributed by atoms with E-state index in [2.05, 4.69) is 26.6 Å². The highest BCUT2D eigenvalue weighted by atomic mass is 79.9. The van der Waals surface area contributed by atoms with Crippen molar-refractivity contribution < 1.29 is 18.0 Å². The standard InChI is InChI=1S/C20H21BrN2O4S2/c1-13-9-20(25)23-17-11-16(5-6-18(17)28-13)29(26,27)8-7-19(24)22-12-14-3-2-4-15(21)10-14/h2-6,10-11,13H,7-9,12H2,1H3,(H,22,24)(H,23,25)/t13-/m0/s1. The summed E-state index contributed by atoms with van der Waals surface area (Å²) in [5.41, 5.74) is 1.42. The van der Waals surface area contributed by atoms with Gasteiger partial charge in [0.1, 0.15) is 0 Å². The van der Waals surface area contributed by atoms with Crippen LogP contribution in [0.15, 0.2) is 56.7 Å². The molecule has 0 saturated carbocycles. The summed E-state index contributed by atoms with van der Waals surface area (Å²) in [7, 11) is -3.65. The van der Waals surface area contributed by atoms with Crippen LogP contribution in [-0.4, -0.2) is 31.2 Å². The normalized spacial score (nSPS) is 16.5. The van der Waals surface area contributed by atoms with Crippen molar-refractivity contribution >= 4 is 55.0 Å². The molecule has 3 rings (SSSR count). The summed E-state index contributed by atoms with van der Waals surface area (Å²) < 4.78 is 26.2. The summed E-state index contributed by atoms with van der Waals surface area (Å²) in [5.74, 6) is -0.764. The molecule has 0 spiro atoms. The van der Waals surface area contributed by atoms with E-state index in [-0.39, 0.29) is 34.1 Å². The van der Waals surface area contributed by atoms with E-state index >= 15 is 0 Å². The number of sulfone groups is 1. The molecule has 2 aromatic rings. The van der Waals surface area contributed by atoms with E-state index in [1.165, 1.54) is 23.9 Å². The zero-order valence-electron chi connectivity index (χ0n) is 15.8. The van der Waals surface area contributed by atoms with Crippen molar-refractivity contribution in [3.05, 3.63) is 52.5 Å². The molecule has 1 atom stereocenters. The molecule has 2 amide bonds. The highest BCUT2D eigenvalue weighted by molar-refractivity contribution is 9.10. The number of anilines is 1. The van der Waals surface area contributed by atoms with E-state index in [9.17, 15) is 18.0 Å². The molecule has 9 heteroatoms. The number of benzene rings is 2. The van der Waals surface area contributed by atoms with Crippen molar-refractivity contribution in [3.63, 3.8) is 0 Å². The number of nitrogens with one attached hydrogen (secondary N) is 2. The Bertz CT molecular complexity index is 1040. The smallest absolute Gasteiger partial charge is 0.225 e. The van der Waals surface area contributed by atoms with Crippen molar-refractivity contribution in [2.75, 3.05) is 11.1 Å². The molecular formula is C20H21BrN2O4S2. The number of fused-ring (bicyclic) bond motifs is 1. The number of halogens is 1. The maximum absolute atomic E-state index is 12.7.